The van der Waals surface area contributed by atoms with Gasteiger partial charge in [-0.05, 0) is 45.9 Å². The van der Waals surface area contributed by atoms with E-state index in [9.17, 15) is 14.4 Å². The predicted octanol–water partition coefficient (Wildman–Crippen LogP) is 3.25. The summed E-state index contributed by atoms with van der Waals surface area (Å²) in [6.45, 7) is 7.20. The van der Waals surface area contributed by atoms with E-state index in [4.69, 9.17) is 9.47 Å². The van der Waals surface area contributed by atoms with Crippen molar-refractivity contribution in [2.24, 2.45) is 0 Å². The van der Waals surface area contributed by atoms with Gasteiger partial charge < -0.3 is 9.47 Å². The van der Waals surface area contributed by atoms with Crippen LogP contribution in [0, 0.1) is 0 Å². The monoisotopic (exact) mass is 397 g/mol. The van der Waals surface area contributed by atoms with Crippen molar-refractivity contribution >= 4 is 18.0 Å². The van der Waals surface area contributed by atoms with Gasteiger partial charge in [-0.1, -0.05) is 6.07 Å². The average molecular weight is 397 g/mol. The lowest BCUT2D eigenvalue weighted by molar-refractivity contribution is 0.0232. The molecular formula is C21H23N3O5. The summed E-state index contributed by atoms with van der Waals surface area (Å²) < 4.78 is 10.4. The number of ether oxygens (including phenoxy) is 2. The van der Waals surface area contributed by atoms with Gasteiger partial charge in [0.25, 0.3) is 5.91 Å². The van der Waals surface area contributed by atoms with Gasteiger partial charge in [-0.2, -0.15) is 0 Å². The van der Waals surface area contributed by atoms with Crippen LogP contribution in [-0.2, 0) is 15.9 Å². The Labute approximate surface area is 168 Å². The van der Waals surface area contributed by atoms with E-state index in [0.717, 1.165) is 4.90 Å². The van der Waals surface area contributed by atoms with Crippen molar-refractivity contribution in [1.82, 2.24) is 14.9 Å². The summed E-state index contributed by atoms with van der Waals surface area (Å²) >= 11 is 0. The molecule has 1 aliphatic rings. The zero-order valence-corrected chi connectivity index (χ0v) is 16.9. The number of nitrogens with zero attached hydrogens (tertiary/aromatic N) is 3. The molecule has 0 bridgehead atoms. The summed E-state index contributed by atoms with van der Waals surface area (Å²) in [4.78, 5) is 47.7. The molecule has 1 aliphatic heterocycles. The highest BCUT2D eigenvalue weighted by Gasteiger charge is 2.35. The summed E-state index contributed by atoms with van der Waals surface area (Å²) in [5.41, 5.74) is 0.938. The second-order valence-electron chi connectivity index (χ2n) is 7.50. The van der Waals surface area contributed by atoms with E-state index in [-0.39, 0.29) is 24.3 Å². The van der Waals surface area contributed by atoms with Gasteiger partial charge in [0.1, 0.15) is 11.3 Å². The molecule has 2 amide bonds. The van der Waals surface area contributed by atoms with E-state index >= 15 is 0 Å². The van der Waals surface area contributed by atoms with Crippen molar-refractivity contribution in [2.75, 3.05) is 13.2 Å². The number of imide groups is 1. The van der Waals surface area contributed by atoms with Crippen molar-refractivity contribution in [2.45, 2.75) is 39.7 Å². The molecule has 2 aromatic rings. The molecule has 2 aromatic heterocycles. The number of esters is 1. The first-order chi connectivity index (χ1) is 13.7. The third-order valence-corrected chi connectivity index (χ3v) is 4.17. The zero-order chi connectivity index (χ0) is 21.2. The quantitative estimate of drug-likeness (QED) is 0.733. The number of rotatable bonds is 3. The van der Waals surface area contributed by atoms with Gasteiger partial charge in [0.15, 0.2) is 0 Å². The molecule has 0 unspecified atom stereocenters. The molecule has 0 saturated heterocycles. The molecule has 0 saturated carbocycles. The van der Waals surface area contributed by atoms with Crippen molar-refractivity contribution in [1.29, 1.82) is 0 Å². The molecule has 8 heteroatoms. The topological polar surface area (TPSA) is 98.7 Å². The normalized spacial score (nSPS) is 13.7. The fourth-order valence-corrected chi connectivity index (χ4v) is 2.95. The molecule has 0 aromatic carbocycles. The van der Waals surface area contributed by atoms with Gasteiger partial charge in [0, 0.05) is 19.2 Å². The van der Waals surface area contributed by atoms with E-state index < -0.39 is 23.6 Å². The van der Waals surface area contributed by atoms with Crippen LogP contribution < -0.4 is 0 Å². The third-order valence-electron chi connectivity index (χ3n) is 4.17. The Morgan fingerprint density at radius 1 is 1.24 bits per heavy atom. The van der Waals surface area contributed by atoms with Crippen LogP contribution >= 0.6 is 0 Å². The van der Waals surface area contributed by atoms with E-state index in [0.29, 0.717) is 23.5 Å². The van der Waals surface area contributed by atoms with Crippen LogP contribution in [0.3, 0.4) is 0 Å². The van der Waals surface area contributed by atoms with Gasteiger partial charge in [0.05, 0.1) is 29.1 Å². The minimum atomic E-state index is -0.727. The molecule has 3 rings (SSSR count). The maximum absolute atomic E-state index is 12.9. The third kappa shape index (κ3) is 4.42. The lowest BCUT2D eigenvalue weighted by Crippen LogP contribution is -2.45. The molecule has 0 atom stereocenters. The number of hydrogen-bond donors (Lipinski definition) is 0. The zero-order valence-electron chi connectivity index (χ0n) is 16.9. The Bertz CT molecular complexity index is 951. The molecule has 8 nitrogen and oxygen atoms in total. The van der Waals surface area contributed by atoms with Crippen molar-refractivity contribution in [3.05, 3.63) is 47.3 Å². The second-order valence-corrected chi connectivity index (χ2v) is 7.50. The van der Waals surface area contributed by atoms with Gasteiger partial charge >= 0.3 is 12.1 Å². The smallest absolute Gasteiger partial charge is 0.417 e. The maximum Gasteiger partial charge on any atom is 0.417 e. The van der Waals surface area contributed by atoms with Gasteiger partial charge in [-0.15, -0.1) is 0 Å². The number of pyridine rings is 2. The molecule has 152 valence electrons. The van der Waals surface area contributed by atoms with Gasteiger partial charge in [0.2, 0.25) is 0 Å². The molecule has 0 fully saturated rings. The molecule has 3 heterocycles. The van der Waals surface area contributed by atoms with E-state index in [1.54, 1.807) is 52.1 Å². The molecular weight excluding hydrogens is 374 g/mol. The highest BCUT2D eigenvalue weighted by Crippen LogP contribution is 2.27. The first-order valence-electron chi connectivity index (χ1n) is 9.38. The first-order valence-corrected chi connectivity index (χ1v) is 9.38. The number of carbonyl (C=O) groups is 3. The minimum absolute atomic E-state index is 0.128. The number of carbonyl (C=O) groups excluding carboxylic acids is 3. The first kappa shape index (κ1) is 20.4. The van der Waals surface area contributed by atoms with Crippen molar-refractivity contribution in [3.8, 4) is 11.4 Å². The lowest BCUT2D eigenvalue weighted by Gasteiger charge is -2.29. The largest absolute Gasteiger partial charge is 0.462 e. The summed E-state index contributed by atoms with van der Waals surface area (Å²) in [6, 6.07) is 6.71. The molecule has 0 N–H and O–H groups in total. The minimum Gasteiger partial charge on any atom is -0.462 e. The van der Waals surface area contributed by atoms with Crippen LogP contribution in [0.15, 0.2) is 30.5 Å². The fourth-order valence-electron chi connectivity index (χ4n) is 2.95. The Morgan fingerprint density at radius 3 is 2.62 bits per heavy atom. The molecule has 0 aliphatic carbocycles. The Balaban J connectivity index is 2.04. The molecule has 0 spiro atoms. The van der Waals surface area contributed by atoms with Crippen LogP contribution in [0.25, 0.3) is 11.4 Å². The summed E-state index contributed by atoms with van der Waals surface area (Å²) in [5, 5.41) is 0. The van der Waals surface area contributed by atoms with Crippen molar-refractivity contribution in [3.63, 3.8) is 0 Å². The van der Waals surface area contributed by atoms with Crippen LogP contribution in [-0.4, -0.2) is 51.6 Å². The van der Waals surface area contributed by atoms with Gasteiger partial charge in [-0.3, -0.25) is 9.78 Å². The number of hydrogen-bond acceptors (Lipinski definition) is 7. The number of aromatic nitrogens is 2. The van der Waals surface area contributed by atoms with Crippen LogP contribution in [0.4, 0.5) is 4.79 Å². The highest BCUT2D eigenvalue weighted by atomic mass is 16.6. The van der Waals surface area contributed by atoms with E-state index in [1.165, 1.54) is 6.07 Å². The molecule has 0 radical (unpaired) electrons. The predicted molar refractivity (Wildman–Crippen MR) is 104 cm³/mol. The van der Waals surface area contributed by atoms with Crippen LogP contribution in [0.2, 0.25) is 0 Å². The van der Waals surface area contributed by atoms with Gasteiger partial charge in [-0.25, -0.2) is 19.5 Å². The lowest BCUT2D eigenvalue weighted by atomic mass is 9.99. The summed E-state index contributed by atoms with van der Waals surface area (Å²) in [6.07, 6.45) is 1.23. The Hall–Kier alpha value is -3.29. The number of fused-ring (bicyclic) bond motifs is 1. The Morgan fingerprint density at radius 2 is 2.00 bits per heavy atom. The van der Waals surface area contributed by atoms with E-state index in [2.05, 4.69) is 9.97 Å². The average Bonchev–Trinajstić information content (AvgIpc) is 2.67. The van der Waals surface area contributed by atoms with E-state index in [1.807, 2.05) is 0 Å². The SMILES string of the molecule is CCOC(=O)c1cc2c(nc1-c1ccccn1)CCN(C(=O)OC(C)(C)C)C2=O. The highest BCUT2D eigenvalue weighted by molar-refractivity contribution is 6.07. The second kappa shape index (κ2) is 7.98. The molecule has 29 heavy (non-hydrogen) atoms. The van der Waals surface area contributed by atoms with Crippen molar-refractivity contribution < 1.29 is 23.9 Å². The summed E-state index contributed by atoms with van der Waals surface area (Å²) in [7, 11) is 0. The van der Waals surface area contributed by atoms with Crippen LogP contribution in [0.1, 0.15) is 54.1 Å². The van der Waals surface area contributed by atoms with Crippen LogP contribution in [0.5, 0.6) is 0 Å². The summed E-state index contributed by atoms with van der Waals surface area (Å²) in [5.74, 6) is -1.16. The Kier molecular flexibility index (Phi) is 5.63. The maximum atomic E-state index is 12.9. The standard InChI is InChI=1S/C21H23N3O5/c1-5-28-19(26)14-12-13-15(23-17(14)16-8-6-7-10-22-16)9-11-24(18(13)25)20(27)29-21(2,3)4/h6-8,10,12H,5,9,11H2,1-4H3. The number of amides is 2. The fraction of sp³-hybridized carbons (Fsp3) is 0.381.